The number of urea groups is 1. The van der Waals surface area contributed by atoms with Crippen molar-refractivity contribution >= 4 is 35.1 Å². The lowest BCUT2D eigenvalue weighted by atomic mass is 9.98. The van der Waals surface area contributed by atoms with Crippen molar-refractivity contribution in [1.82, 2.24) is 24.7 Å². The van der Waals surface area contributed by atoms with E-state index in [2.05, 4.69) is 19.8 Å². The zero-order valence-electron chi connectivity index (χ0n) is 11.8. The van der Waals surface area contributed by atoms with Crippen molar-refractivity contribution in [3.63, 3.8) is 0 Å². The van der Waals surface area contributed by atoms with Crippen LogP contribution in [0.15, 0.2) is 0 Å². The van der Waals surface area contributed by atoms with E-state index in [1.807, 2.05) is 13.8 Å². The zero-order chi connectivity index (χ0) is 15.2. The summed E-state index contributed by atoms with van der Waals surface area (Å²) in [5, 5.41) is 6.85. The van der Waals surface area contributed by atoms with Crippen molar-refractivity contribution in [2.75, 3.05) is 13.1 Å². The van der Waals surface area contributed by atoms with Crippen LogP contribution in [0.4, 0.5) is 4.79 Å². The van der Waals surface area contributed by atoms with E-state index >= 15 is 0 Å². The fraction of sp³-hybridized carbons (Fsp3) is 0.667. The largest absolute Gasteiger partial charge is 0.325 e. The van der Waals surface area contributed by atoms with Crippen molar-refractivity contribution in [2.24, 2.45) is 0 Å². The van der Waals surface area contributed by atoms with Gasteiger partial charge in [0.2, 0.25) is 0 Å². The van der Waals surface area contributed by atoms with Gasteiger partial charge in [-0.1, -0.05) is 16.1 Å². The second-order valence-electron chi connectivity index (χ2n) is 5.74. The van der Waals surface area contributed by atoms with E-state index < -0.39 is 5.54 Å². The van der Waals surface area contributed by atoms with Gasteiger partial charge in [0, 0.05) is 37.2 Å². The number of imide groups is 1. The topological polar surface area (TPSA) is 78.4 Å². The molecule has 0 aliphatic carbocycles. The summed E-state index contributed by atoms with van der Waals surface area (Å²) in [6, 6.07) is -0.437. The van der Waals surface area contributed by atoms with E-state index in [1.165, 1.54) is 4.90 Å². The summed E-state index contributed by atoms with van der Waals surface area (Å²) in [6.07, 6.45) is 0.607. The van der Waals surface area contributed by atoms with Crippen LogP contribution >= 0.6 is 23.1 Å². The highest BCUT2D eigenvalue weighted by molar-refractivity contribution is 7.10. The Kier molecular flexibility index (Phi) is 3.62. The molecule has 1 N–H and O–H groups in total. The van der Waals surface area contributed by atoms with E-state index in [0.29, 0.717) is 30.4 Å². The van der Waals surface area contributed by atoms with Crippen molar-refractivity contribution in [3.8, 4) is 0 Å². The highest BCUT2D eigenvalue weighted by Crippen LogP contribution is 2.31. The fourth-order valence-electron chi connectivity index (χ4n) is 2.91. The van der Waals surface area contributed by atoms with Crippen molar-refractivity contribution in [1.29, 1.82) is 0 Å². The molecule has 0 saturated carbocycles. The van der Waals surface area contributed by atoms with E-state index in [-0.39, 0.29) is 18.0 Å². The van der Waals surface area contributed by atoms with Crippen LogP contribution in [-0.2, 0) is 11.3 Å². The molecular formula is C12H16ClN5O2S. The van der Waals surface area contributed by atoms with Gasteiger partial charge in [-0.05, 0) is 20.3 Å². The van der Waals surface area contributed by atoms with Gasteiger partial charge in [0.25, 0.3) is 5.91 Å². The number of amides is 3. The number of rotatable bonds is 3. The Morgan fingerprint density at radius 1 is 1.48 bits per heavy atom. The predicted molar refractivity (Wildman–Crippen MR) is 78.1 cm³/mol. The molecule has 9 heteroatoms. The number of hydrogen-bond acceptors (Lipinski definition) is 6. The Hall–Kier alpha value is -1.25. The maximum Gasteiger partial charge on any atom is 0.325 e. The third-order valence-corrected chi connectivity index (χ3v) is 4.93. The number of likely N-dealkylation sites (tertiary alicyclic amines) is 1. The van der Waals surface area contributed by atoms with Crippen LogP contribution in [-0.4, -0.2) is 56.0 Å². The summed E-state index contributed by atoms with van der Waals surface area (Å²) < 4.78 is 4.37. The summed E-state index contributed by atoms with van der Waals surface area (Å²) in [5.41, 5.74) is -0.0757. The van der Waals surface area contributed by atoms with E-state index in [9.17, 15) is 9.59 Å². The Morgan fingerprint density at radius 2 is 2.24 bits per heavy atom. The normalized spacial score (nSPS) is 26.4. The van der Waals surface area contributed by atoms with Gasteiger partial charge in [0.1, 0.15) is 15.6 Å². The first-order chi connectivity index (χ1) is 9.93. The number of nitrogens with zero attached hydrogens (tertiary/aromatic N) is 4. The molecule has 1 aromatic heterocycles. The van der Waals surface area contributed by atoms with Crippen LogP contribution in [0.5, 0.6) is 0 Å². The molecule has 2 aliphatic heterocycles. The van der Waals surface area contributed by atoms with Crippen molar-refractivity contribution in [2.45, 2.75) is 38.4 Å². The number of carbonyl (C=O) groups excluding carboxylic acids is 2. The molecule has 2 aliphatic rings. The molecular weight excluding hydrogens is 314 g/mol. The fourth-order valence-corrected chi connectivity index (χ4v) is 3.53. The van der Waals surface area contributed by atoms with Gasteiger partial charge >= 0.3 is 6.03 Å². The zero-order valence-corrected chi connectivity index (χ0v) is 13.4. The number of carbonyl (C=O) groups is 2. The lowest BCUT2D eigenvalue weighted by Crippen LogP contribution is -2.49. The summed E-state index contributed by atoms with van der Waals surface area (Å²) in [6.45, 7) is 5.41. The van der Waals surface area contributed by atoms with Crippen LogP contribution in [0.25, 0.3) is 0 Å². The first-order valence-corrected chi connectivity index (χ1v) is 7.93. The molecule has 0 unspecified atom stereocenters. The molecule has 0 bridgehead atoms. The van der Waals surface area contributed by atoms with Crippen molar-refractivity contribution in [3.05, 3.63) is 10.0 Å². The third kappa shape index (κ3) is 2.41. The molecule has 0 aromatic carbocycles. The molecule has 2 saturated heterocycles. The van der Waals surface area contributed by atoms with Crippen molar-refractivity contribution < 1.29 is 9.59 Å². The molecule has 3 rings (SSSR count). The molecule has 7 nitrogen and oxygen atoms in total. The molecule has 3 amide bonds. The minimum absolute atomic E-state index is 0.132. The van der Waals surface area contributed by atoms with Gasteiger partial charge in [-0.15, -0.1) is 5.10 Å². The summed E-state index contributed by atoms with van der Waals surface area (Å²) in [7, 11) is 0. The average molecular weight is 330 g/mol. The first-order valence-electron chi connectivity index (χ1n) is 6.78. The van der Waals surface area contributed by atoms with Crippen LogP contribution in [0.1, 0.15) is 26.0 Å². The van der Waals surface area contributed by atoms with Crippen LogP contribution in [0, 0.1) is 0 Å². The molecule has 3 heterocycles. The Labute approximate surface area is 131 Å². The Bertz CT molecular complexity index is 592. The van der Waals surface area contributed by atoms with E-state index in [1.54, 1.807) is 0 Å². The smallest absolute Gasteiger partial charge is 0.322 e. The molecule has 114 valence electrons. The SMILES string of the molecule is CC(C)N1C(=O)N[C@]2(CCN(Cc3nnsc3Cl)C2)C1=O. The van der Waals surface area contributed by atoms with Gasteiger partial charge in [0.15, 0.2) is 0 Å². The van der Waals surface area contributed by atoms with E-state index in [0.717, 1.165) is 17.2 Å². The summed E-state index contributed by atoms with van der Waals surface area (Å²) in [4.78, 5) is 27.9. The van der Waals surface area contributed by atoms with Gasteiger partial charge in [-0.2, -0.15) is 0 Å². The first kappa shape index (κ1) is 14.7. The molecule has 1 atom stereocenters. The molecule has 1 spiro atoms. The molecule has 0 radical (unpaired) electrons. The van der Waals surface area contributed by atoms with E-state index in [4.69, 9.17) is 11.6 Å². The Morgan fingerprint density at radius 3 is 2.81 bits per heavy atom. The maximum atomic E-state index is 12.6. The molecule has 21 heavy (non-hydrogen) atoms. The Balaban J connectivity index is 1.73. The second-order valence-corrected chi connectivity index (χ2v) is 7.09. The molecule has 2 fully saturated rings. The standard InChI is InChI=1S/C12H16ClN5O2S/c1-7(2)18-10(19)12(14-11(18)20)3-4-17(6-12)5-8-9(13)21-16-15-8/h7H,3-6H2,1-2H3,(H,14,20)/t12-/m0/s1. The second kappa shape index (κ2) is 5.19. The van der Waals surface area contributed by atoms with Gasteiger partial charge < -0.3 is 5.32 Å². The minimum atomic E-state index is -0.794. The lowest BCUT2D eigenvalue weighted by molar-refractivity contribution is -0.132. The number of nitrogens with one attached hydrogen (secondary N) is 1. The quantitative estimate of drug-likeness (QED) is 0.840. The van der Waals surface area contributed by atoms with Gasteiger partial charge in [-0.25, -0.2) is 4.79 Å². The highest BCUT2D eigenvalue weighted by atomic mass is 35.5. The van der Waals surface area contributed by atoms with Gasteiger partial charge in [-0.3, -0.25) is 14.6 Å². The number of hydrogen-bond donors (Lipinski definition) is 1. The number of halogens is 1. The summed E-state index contributed by atoms with van der Waals surface area (Å²) >= 11 is 7.16. The minimum Gasteiger partial charge on any atom is -0.322 e. The summed E-state index contributed by atoms with van der Waals surface area (Å²) in [5.74, 6) is -0.132. The van der Waals surface area contributed by atoms with Crippen LogP contribution in [0.3, 0.4) is 0 Å². The highest BCUT2D eigenvalue weighted by Gasteiger charge is 2.55. The van der Waals surface area contributed by atoms with Crippen LogP contribution in [0.2, 0.25) is 4.34 Å². The molecule has 1 aromatic rings. The average Bonchev–Trinajstić information content (AvgIpc) is 3.04. The van der Waals surface area contributed by atoms with Gasteiger partial charge in [0.05, 0.1) is 0 Å². The maximum absolute atomic E-state index is 12.6. The third-order valence-electron chi connectivity index (χ3n) is 3.94. The predicted octanol–water partition coefficient (Wildman–Crippen LogP) is 1.10. The number of aromatic nitrogens is 2. The monoisotopic (exact) mass is 329 g/mol. The van der Waals surface area contributed by atoms with Crippen LogP contribution < -0.4 is 5.32 Å². The lowest BCUT2D eigenvalue weighted by Gasteiger charge is -2.23.